The van der Waals surface area contributed by atoms with E-state index in [1.54, 1.807) is 0 Å². The van der Waals surface area contributed by atoms with E-state index in [1.807, 2.05) is 0 Å². The lowest BCUT2D eigenvalue weighted by Gasteiger charge is -2.04. The summed E-state index contributed by atoms with van der Waals surface area (Å²) in [5, 5.41) is 21.6. The van der Waals surface area contributed by atoms with E-state index in [-0.39, 0.29) is 29.6 Å². The molecule has 0 aliphatic heterocycles. The summed E-state index contributed by atoms with van der Waals surface area (Å²) in [7, 11) is 0. The van der Waals surface area contributed by atoms with Gasteiger partial charge in [-0.15, -0.1) is 0 Å². The number of nitro benzene ring substituents is 1. The van der Waals surface area contributed by atoms with Crippen molar-refractivity contribution in [1.29, 1.82) is 0 Å². The van der Waals surface area contributed by atoms with Crippen LogP contribution in [0.5, 0.6) is 0 Å². The minimum atomic E-state index is -0.641. The minimum absolute atomic E-state index is 0.0385. The predicted molar refractivity (Wildman–Crippen MR) is 62.6 cm³/mol. The van der Waals surface area contributed by atoms with E-state index in [1.165, 1.54) is 6.07 Å². The number of nitrogens with one attached hydrogen (secondary N) is 1. The lowest BCUT2D eigenvalue weighted by Crippen LogP contribution is -2.30. The van der Waals surface area contributed by atoms with E-state index in [9.17, 15) is 19.7 Å². The largest absolute Gasteiger partial charge is 0.394 e. The number of fused-ring (bicyclic) bond motifs is 1. The fourth-order valence-corrected chi connectivity index (χ4v) is 1.66. The summed E-state index contributed by atoms with van der Waals surface area (Å²) in [6.45, 7) is -0.338. The number of aliphatic hydroxyl groups excluding tert-OH is 1. The molecule has 2 aromatic rings. The van der Waals surface area contributed by atoms with Crippen LogP contribution in [0.4, 0.5) is 5.69 Å². The van der Waals surface area contributed by atoms with Gasteiger partial charge in [-0.05, 0) is 6.07 Å². The molecule has 0 radical (unpaired) electrons. The van der Waals surface area contributed by atoms with Crippen LogP contribution in [0.1, 0.15) is 0 Å². The summed E-state index contributed by atoms with van der Waals surface area (Å²) in [6, 6.07) is 3.45. The van der Waals surface area contributed by atoms with Crippen LogP contribution in [-0.4, -0.2) is 26.4 Å². The molecule has 0 saturated carbocycles. The first kappa shape index (κ1) is 12.0. The molecule has 0 aliphatic rings. The second kappa shape index (κ2) is 4.41. The van der Waals surface area contributed by atoms with Crippen molar-refractivity contribution < 1.29 is 10.0 Å². The van der Waals surface area contributed by atoms with E-state index in [2.05, 4.69) is 5.10 Å². The maximum Gasteiger partial charge on any atom is 0.273 e. The zero-order chi connectivity index (χ0) is 13.3. The Kier molecular flexibility index (Phi) is 2.94. The summed E-state index contributed by atoms with van der Waals surface area (Å²) in [5.41, 5.74) is -1.37. The molecular formula is C10H9N3O5. The van der Waals surface area contributed by atoms with Crippen LogP contribution in [0.2, 0.25) is 0 Å². The Morgan fingerprint density at radius 3 is 2.67 bits per heavy atom. The van der Waals surface area contributed by atoms with Crippen molar-refractivity contribution in [2.24, 2.45) is 0 Å². The Balaban J connectivity index is 2.80. The molecular weight excluding hydrogens is 242 g/mol. The van der Waals surface area contributed by atoms with Gasteiger partial charge in [0.15, 0.2) is 0 Å². The second-order valence-corrected chi connectivity index (χ2v) is 3.61. The maximum absolute atomic E-state index is 11.9. The molecule has 0 amide bonds. The van der Waals surface area contributed by atoms with Crippen molar-refractivity contribution in [3.63, 3.8) is 0 Å². The highest BCUT2D eigenvalue weighted by Gasteiger charge is 2.12. The summed E-state index contributed by atoms with van der Waals surface area (Å²) >= 11 is 0. The number of aromatic nitrogens is 2. The van der Waals surface area contributed by atoms with Crippen molar-refractivity contribution in [2.45, 2.75) is 6.54 Å². The summed E-state index contributed by atoms with van der Waals surface area (Å²) in [6.07, 6.45) is 0. The Hall–Kier alpha value is -2.48. The molecule has 18 heavy (non-hydrogen) atoms. The highest BCUT2D eigenvalue weighted by atomic mass is 16.6. The summed E-state index contributed by atoms with van der Waals surface area (Å²) in [4.78, 5) is 33.5. The zero-order valence-electron chi connectivity index (χ0n) is 9.12. The number of benzene rings is 1. The van der Waals surface area contributed by atoms with E-state index in [0.717, 1.165) is 16.8 Å². The lowest BCUT2D eigenvalue weighted by atomic mass is 10.2. The Labute approximate surface area is 99.2 Å². The monoisotopic (exact) mass is 251 g/mol. The predicted octanol–water partition coefficient (Wildman–Crippen LogP) is -0.410. The number of aromatic amines is 1. The van der Waals surface area contributed by atoms with Gasteiger partial charge in [0.1, 0.15) is 0 Å². The Morgan fingerprint density at radius 2 is 2.06 bits per heavy atom. The fourth-order valence-electron chi connectivity index (χ4n) is 1.66. The van der Waals surface area contributed by atoms with Crippen molar-refractivity contribution in [1.82, 2.24) is 9.78 Å². The molecule has 0 atom stereocenters. The first-order valence-corrected chi connectivity index (χ1v) is 5.06. The van der Waals surface area contributed by atoms with Gasteiger partial charge in [-0.2, -0.15) is 0 Å². The van der Waals surface area contributed by atoms with E-state index in [4.69, 9.17) is 5.11 Å². The normalized spacial score (nSPS) is 10.7. The standard InChI is InChI=1S/C10H9N3O5/c14-4-3-12-10(16)7-2-1-6(13(17)18)5-8(7)9(15)11-12/h1-2,5,14H,3-4H2,(H,11,15). The lowest BCUT2D eigenvalue weighted by molar-refractivity contribution is -0.384. The van der Waals surface area contributed by atoms with Gasteiger partial charge in [-0.3, -0.25) is 24.8 Å². The topological polar surface area (TPSA) is 118 Å². The number of hydrogen-bond acceptors (Lipinski definition) is 5. The van der Waals surface area contributed by atoms with Gasteiger partial charge in [-0.25, -0.2) is 4.68 Å². The smallest absolute Gasteiger partial charge is 0.273 e. The number of aliphatic hydroxyl groups is 1. The van der Waals surface area contributed by atoms with Gasteiger partial charge < -0.3 is 5.11 Å². The highest BCUT2D eigenvalue weighted by molar-refractivity contribution is 5.82. The molecule has 2 N–H and O–H groups in total. The average Bonchev–Trinajstić information content (AvgIpc) is 2.35. The van der Waals surface area contributed by atoms with Crippen molar-refractivity contribution in [3.8, 4) is 0 Å². The zero-order valence-corrected chi connectivity index (χ0v) is 9.12. The number of nitrogens with zero attached hydrogens (tertiary/aromatic N) is 2. The molecule has 1 aromatic carbocycles. The van der Waals surface area contributed by atoms with Gasteiger partial charge in [0.05, 0.1) is 28.8 Å². The Bertz CT molecular complexity index is 730. The van der Waals surface area contributed by atoms with E-state index < -0.39 is 16.0 Å². The van der Waals surface area contributed by atoms with Gasteiger partial charge in [0.2, 0.25) is 0 Å². The quantitative estimate of drug-likeness (QED) is 0.567. The summed E-state index contributed by atoms with van der Waals surface area (Å²) < 4.78 is 0.969. The van der Waals surface area contributed by atoms with Crippen molar-refractivity contribution >= 4 is 16.5 Å². The third-order valence-electron chi connectivity index (χ3n) is 2.49. The molecule has 8 heteroatoms. The SMILES string of the molecule is O=c1[nH]n(CCO)c(=O)c2ccc([N+](=O)[O-])cc12. The molecule has 1 heterocycles. The Morgan fingerprint density at radius 1 is 1.33 bits per heavy atom. The molecule has 94 valence electrons. The van der Waals surface area contributed by atoms with Gasteiger partial charge in [-0.1, -0.05) is 0 Å². The van der Waals surface area contributed by atoms with Crippen LogP contribution in [0.3, 0.4) is 0 Å². The van der Waals surface area contributed by atoms with Gasteiger partial charge in [0, 0.05) is 12.1 Å². The van der Waals surface area contributed by atoms with Crippen LogP contribution in [0, 0.1) is 10.1 Å². The molecule has 1 aromatic heterocycles. The van der Waals surface area contributed by atoms with Crippen LogP contribution in [0.25, 0.3) is 10.8 Å². The molecule has 0 spiro atoms. The molecule has 8 nitrogen and oxygen atoms in total. The molecule has 2 rings (SSSR count). The molecule has 0 bridgehead atoms. The third kappa shape index (κ3) is 1.89. The molecule has 0 saturated heterocycles. The van der Waals surface area contributed by atoms with Gasteiger partial charge in [0.25, 0.3) is 16.8 Å². The molecule has 0 unspecified atom stereocenters. The number of hydrogen-bond donors (Lipinski definition) is 2. The van der Waals surface area contributed by atoms with Crippen LogP contribution >= 0.6 is 0 Å². The summed E-state index contributed by atoms with van der Waals surface area (Å²) in [5.74, 6) is 0. The molecule has 0 fully saturated rings. The average molecular weight is 251 g/mol. The van der Waals surface area contributed by atoms with Crippen LogP contribution in [0.15, 0.2) is 27.8 Å². The molecule has 0 aliphatic carbocycles. The second-order valence-electron chi connectivity index (χ2n) is 3.61. The van der Waals surface area contributed by atoms with Gasteiger partial charge >= 0.3 is 0 Å². The van der Waals surface area contributed by atoms with E-state index >= 15 is 0 Å². The first-order chi connectivity index (χ1) is 8.54. The fraction of sp³-hybridized carbons (Fsp3) is 0.200. The third-order valence-corrected chi connectivity index (χ3v) is 2.49. The number of rotatable bonds is 3. The highest BCUT2D eigenvalue weighted by Crippen LogP contribution is 2.15. The van der Waals surface area contributed by atoms with Crippen LogP contribution < -0.4 is 11.1 Å². The first-order valence-electron chi connectivity index (χ1n) is 5.06. The van der Waals surface area contributed by atoms with Crippen molar-refractivity contribution in [3.05, 3.63) is 49.0 Å². The number of H-pyrrole nitrogens is 1. The number of nitro groups is 1. The minimum Gasteiger partial charge on any atom is -0.394 e. The van der Waals surface area contributed by atoms with Crippen LogP contribution in [-0.2, 0) is 6.54 Å². The maximum atomic E-state index is 11.9. The van der Waals surface area contributed by atoms with Crippen molar-refractivity contribution in [2.75, 3.05) is 6.61 Å². The number of non-ortho nitro benzene ring substituents is 1. The van der Waals surface area contributed by atoms with E-state index in [0.29, 0.717) is 0 Å².